The Morgan fingerprint density at radius 1 is 1.50 bits per heavy atom. The maximum Gasteiger partial charge on any atom is 0.514 e. The molecule has 1 rings (SSSR count). The van der Waals surface area contributed by atoms with E-state index in [1.54, 1.807) is 4.57 Å². The zero-order valence-corrected chi connectivity index (χ0v) is 11.9. The summed E-state index contributed by atoms with van der Waals surface area (Å²) in [5.41, 5.74) is 1.13. The SMILES string of the molecule is COC(=O)Oc1c(C=O)nc(Br)n1CC=C(C)C. The number of rotatable bonds is 4. The summed E-state index contributed by atoms with van der Waals surface area (Å²) in [6, 6.07) is 0. The van der Waals surface area contributed by atoms with E-state index < -0.39 is 6.16 Å². The molecule has 0 amide bonds. The summed E-state index contributed by atoms with van der Waals surface area (Å²) < 4.78 is 11.3. The average molecular weight is 317 g/mol. The van der Waals surface area contributed by atoms with E-state index >= 15 is 0 Å². The molecular formula is C11H13BrN2O4. The number of allylic oxidation sites excluding steroid dienone is 2. The molecule has 98 valence electrons. The number of nitrogens with zero attached hydrogens (tertiary/aromatic N) is 2. The zero-order chi connectivity index (χ0) is 13.7. The van der Waals surface area contributed by atoms with Crippen LogP contribution in [-0.2, 0) is 11.3 Å². The van der Waals surface area contributed by atoms with Gasteiger partial charge in [-0.1, -0.05) is 11.6 Å². The van der Waals surface area contributed by atoms with E-state index in [0.29, 0.717) is 17.6 Å². The standard InChI is InChI=1S/C11H13BrN2O4/c1-7(2)4-5-14-9(18-11(16)17-3)8(6-15)13-10(14)12/h4,6H,5H2,1-3H3. The van der Waals surface area contributed by atoms with Crippen molar-refractivity contribution in [1.82, 2.24) is 9.55 Å². The van der Waals surface area contributed by atoms with E-state index in [1.165, 1.54) is 7.11 Å². The third-order valence-electron chi connectivity index (χ3n) is 2.04. The summed E-state index contributed by atoms with van der Waals surface area (Å²) in [6.45, 7) is 4.30. The molecule has 18 heavy (non-hydrogen) atoms. The van der Waals surface area contributed by atoms with Crippen LogP contribution in [0.15, 0.2) is 16.4 Å². The number of aromatic nitrogens is 2. The van der Waals surface area contributed by atoms with Crippen LogP contribution in [0.5, 0.6) is 5.88 Å². The van der Waals surface area contributed by atoms with Crippen molar-refractivity contribution in [3.63, 3.8) is 0 Å². The van der Waals surface area contributed by atoms with Crippen molar-refractivity contribution in [1.29, 1.82) is 0 Å². The molecule has 0 aliphatic carbocycles. The molecule has 0 aliphatic rings. The number of hydrogen-bond acceptors (Lipinski definition) is 5. The minimum Gasteiger partial charge on any atom is -0.437 e. The van der Waals surface area contributed by atoms with E-state index in [1.807, 2.05) is 19.9 Å². The van der Waals surface area contributed by atoms with Crippen LogP contribution in [0.3, 0.4) is 0 Å². The van der Waals surface area contributed by atoms with Gasteiger partial charge >= 0.3 is 6.16 Å². The van der Waals surface area contributed by atoms with Crippen LogP contribution in [0.1, 0.15) is 24.3 Å². The molecule has 0 saturated heterocycles. The molecule has 0 atom stereocenters. The fraction of sp³-hybridized carbons (Fsp3) is 0.364. The van der Waals surface area contributed by atoms with Gasteiger partial charge in [0.2, 0.25) is 5.88 Å². The van der Waals surface area contributed by atoms with Crippen molar-refractivity contribution < 1.29 is 19.1 Å². The summed E-state index contributed by atoms with van der Waals surface area (Å²) in [4.78, 5) is 25.9. The van der Waals surface area contributed by atoms with Gasteiger partial charge in [-0.15, -0.1) is 0 Å². The summed E-state index contributed by atoms with van der Waals surface area (Å²) in [5, 5.41) is 0. The summed E-state index contributed by atoms with van der Waals surface area (Å²) in [7, 11) is 1.19. The Labute approximate surface area is 113 Å². The van der Waals surface area contributed by atoms with E-state index in [2.05, 4.69) is 25.7 Å². The second kappa shape index (κ2) is 6.34. The van der Waals surface area contributed by atoms with E-state index in [9.17, 15) is 9.59 Å². The predicted octanol–water partition coefficient (Wildman–Crippen LogP) is 2.57. The van der Waals surface area contributed by atoms with Gasteiger partial charge in [-0.3, -0.25) is 9.36 Å². The van der Waals surface area contributed by atoms with E-state index in [0.717, 1.165) is 5.57 Å². The number of hydrogen-bond donors (Lipinski definition) is 0. The lowest BCUT2D eigenvalue weighted by Gasteiger charge is -2.07. The Bertz CT molecular complexity index is 489. The van der Waals surface area contributed by atoms with Crippen molar-refractivity contribution >= 4 is 28.4 Å². The number of aldehydes is 1. The maximum atomic E-state index is 11.1. The minimum absolute atomic E-state index is 0.0365. The van der Waals surface area contributed by atoms with Crippen LogP contribution in [0.2, 0.25) is 0 Å². The fourth-order valence-electron chi connectivity index (χ4n) is 1.17. The van der Waals surface area contributed by atoms with Crippen molar-refractivity contribution in [3.05, 3.63) is 22.1 Å². The normalized spacial score (nSPS) is 9.78. The van der Waals surface area contributed by atoms with Crippen LogP contribution in [0, 0.1) is 0 Å². The molecule has 1 heterocycles. The molecule has 0 N–H and O–H groups in total. The van der Waals surface area contributed by atoms with Gasteiger partial charge in [0.05, 0.1) is 7.11 Å². The second-order valence-corrected chi connectivity index (χ2v) is 4.35. The lowest BCUT2D eigenvalue weighted by Crippen LogP contribution is -2.12. The molecule has 6 nitrogen and oxygen atoms in total. The summed E-state index contributed by atoms with van der Waals surface area (Å²) in [5.74, 6) is 0.0567. The smallest absolute Gasteiger partial charge is 0.437 e. The van der Waals surface area contributed by atoms with Crippen LogP contribution in [0.4, 0.5) is 4.79 Å². The second-order valence-electron chi connectivity index (χ2n) is 3.64. The van der Waals surface area contributed by atoms with Crippen LogP contribution in [0.25, 0.3) is 0 Å². The van der Waals surface area contributed by atoms with E-state index in [4.69, 9.17) is 4.74 Å². The Balaban J connectivity index is 3.13. The van der Waals surface area contributed by atoms with Crippen LogP contribution < -0.4 is 4.74 Å². The topological polar surface area (TPSA) is 70.4 Å². The van der Waals surface area contributed by atoms with Gasteiger partial charge in [-0.2, -0.15) is 0 Å². The molecule has 0 aliphatic heterocycles. The fourth-order valence-corrected chi connectivity index (χ4v) is 1.66. The molecule has 0 unspecified atom stereocenters. The molecule has 1 aromatic rings. The third kappa shape index (κ3) is 3.43. The number of halogens is 1. The molecule has 0 bridgehead atoms. The first-order valence-corrected chi connectivity index (χ1v) is 5.89. The molecule has 0 spiro atoms. The molecule has 1 aromatic heterocycles. The van der Waals surface area contributed by atoms with Crippen molar-refractivity contribution in [2.45, 2.75) is 20.4 Å². The summed E-state index contributed by atoms with van der Waals surface area (Å²) >= 11 is 3.20. The number of methoxy groups -OCH3 is 1. The lowest BCUT2D eigenvalue weighted by atomic mass is 10.3. The van der Waals surface area contributed by atoms with Gasteiger partial charge in [-0.25, -0.2) is 9.78 Å². The third-order valence-corrected chi connectivity index (χ3v) is 2.65. The molecular weight excluding hydrogens is 304 g/mol. The first kappa shape index (κ1) is 14.4. The average Bonchev–Trinajstić information content (AvgIpc) is 2.62. The van der Waals surface area contributed by atoms with Gasteiger partial charge in [0.15, 0.2) is 16.7 Å². The van der Waals surface area contributed by atoms with Gasteiger partial charge in [0.25, 0.3) is 0 Å². The summed E-state index contributed by atoms with van der Waals surface area (Å²) in [6.07, 6.45) is 1.52. The monoisotopic (exact) mass is 316 g/mol. The van der Waals surface area contributed by atoms with E-state index in [-0.39, 0.29) is 11.6 Å². The van der Waals surface area contributed by atoms with Crippen molar-refractivity contribution in [2.24, 2.45) is 0 Å². The molecule has 0 aromatic carbocycles. The Hall–Kier alpha value is -1.63. The first-order valence-electron chi connectivity index (χ1n) is 5.10. The first-order chi connectivity index (χ1) is 8.49. The number of carbonyl (C=O) groups is 2. The molecule has 0 saturated carbocycles. The van der Waals surface area contributed by atoms with Crippen LogP contribution in [-0.4, -0.2) is 29.1 Å². The van der Waals surface area contributed by atoms with Crippen molar-refractivity contribution in [2.75, 3.05) is 7.11 Å². The van der Waals surface area contributed by atoms with Gasteiger partial charge in [0.1, 0.15) is 0 Å². The van der Waals surface area contributed by atoms with Gasteiger partial charge in [-0.05, 0) is 29.8 Å². The highest BCUT2D eigenvalue weighted by Gasteiger charge is 2.19. The molecule has 0 fully saturated rings. The number of imidazole rings is 1. The van der Waals surface area contributed by atoms with Crippen LogP contribution >= 0.6 is 15.9 Å². The number of carbonyl (C=O) groups excluding carboxylic acids is 2. The highest BCUT2D eigenvalue weighted by Crippen LogP contribution is 2.24. The minimum atomic E-state index is -0.899. The largest absolute Gasteiger partial charge is 0.514 e. The molecule has 7 heteroatoms. The predicted molar refractivity (Wildman–Crippen MR) is 67.8 cm³/mol. The zero-order valence-electron chi connectivity index (χ0n) is 10.3. The highest BCUT2D eigenvalue weighted by molar-refractivity contribution is 9.10. The molecule has 0 radical (unpaired) electrons. The number of ether oxygens (including phenoxy) is 2. The Kier molecular flexibility index (Phi) is 5.08. The lowest BCUT2D eigenvalue weighted by molar-refractivity contribution is 0.110. The van der Waals surface area contributed by atoms with Gasteiger partial charge < -0.3 is 9.47 Å². The Morgan fingerprint density at radius 2 is 2.17 bits per heavy atom. The maximum absolute atomic E-state index is 11.1. The van der Waals surface area contributed by atoms with Crippen molar-refractivity contribution in [3.8, 4) is 5.88 Å². The Morgan fingerprint density at radius 3 is 2.67 bits per heavy atom. The highest BCUT2D eigenvalue weighted by atomic mass is 79.9. The quantitative estimate of drug-likeness (QED) is 0.485. The van der Waals surface area contributed by atoms with Gasteiger partial charge in [0, 0.05) is 6.54 Å².